The van der Waals surface area contributed by atoms with Crippen molar-refractivity contribution in [1.82, 2.24) is 5.16 Å². The molecule has 19 heavy (non-hydrogen) atoms. The second kappa shape index (κ2) is 6.36. The number of nitrogens with zero attached hydrogens (tertiary/aromatic N) is 1. The zero-order valence-electron chi connectivity index (χ0n) is 11.2. The van der Waals surface area contributed by atoms with Crippen LogP contribution in [0.25, 0.3) is 11.1 Å². The molecule has 0 radical (unpaired) electrons. The molecule has 4 heteroatoms. The molecule has 0 aliphatic rings. The van der Waals surface area contributed by atoms with Gasteiger partial charge in [-0.2, -0.15) is 0 Å². The first kappa shape index (κ1) is 13.6. The Balaban J connectivity index is 2.15. The fraction of sp³-hybridized carbons (Fsp3) is 0.400. The first-order chi connectivity index (χ1) is 9.22. The number of nitrogen functional groups attached to an aromatic ring is 1. The fourth-order valence-electron chi connectivity index (χ4n) is 2.15. The van der Waals surface area contributed by atoms with Crippen molar-refractivity contribution >= 4 is 5.88 Å². The minimum absolute atomic E-state index is 0.261. The Kier molecular flexibility index (Phi) is 4.55. The van der Waals surface area contributed by atoms with E-state index in [0.717, 1.165) is 29.7 Å². The number of anilines is 1. The first-order valence-electron chi connectivity index (χ1n) is 6.72. The Morgan fingerprint density at radius 3 is 2.58 bits per heavy atom. The molecule has 102 valence electrons. The van der Waals surface area contributed by atoms with E-state index in [9.17, 15) is 4.39 Å². The predicted octanol–water partition coefficient (Wildman–Crippen LogP) is 4.19. The molecule has 0 saturated carbocycles. The second-order valence-corrected chi connectivity index (χ2v) is 4.69. The maximum Gasteiger partial charge on any atom is 0.230 e. The number of unbranched alkanes of at least 4 members (excludes halogenated alkanes) is 3. The summed E-state index contributed by atoms with van der Waals surface area (Å²) in [6.45, 7) is 2.18. The molecule has 0 aliphatic heterocycles. The zero-order valence-corrected chi connectivity index (χ0v) is 11.2. The van der Waals surface area contributed by atoms with E-state index < -0.39 is 0 Å². The van der Waals surface area contributed by atoms with Crippen molar-refractivity contribution in [2.45, 2.75) is 39.0 Å². The highest BCUT2D eigenvalue weighted by Gasteiger charge is 2.15. The van der Waals surface area contributed by atoms with Gasteiger partial charge in [0.05, 0.1) is 11.3 Å². The van der Waals surface area contributed by atoms with E-state index in [4.69, 9.17) is 10.3 Å². The molecule has 3 nitrogen and oxygen atoms in total. The van der Waals surface area contributed by atoms with Crippen LogP contribution < -0.4 is 5.73 Å². The number of aryl methyl sites for hydroxylation is 1. The highest BCUT2D eigenvalue weighted by atomic mass is 19.1. The van der Waals surface area contributed by atoms with Gasteiger partial charge in [0.25, 0.3) is 0 Å². The summed E-state index contributed by atoms with van der Waals surface area (Å²) in [5.41, 5.74) is 8.34. The third-order valence-electron chi connectivity index (χ3n) is 3.19. The number of hydrogen-bond donors (Lipinski definition) is 1. The van der Waals surface area contributed by atoms with E-state index in [0.29, 0.717) is 5.88 Å². The summed E-state index contributed by atoms with van der Waals surface area (Å²) in [4.78, 5) is 0. The number of halogens is 1. The second-order valence-electron chi connectivity index (χ2n) is 4.69. The van der Waals surface area contributed by atoms with Crippen LogP contribution in [0.5, 0.6) is 0 Å². The molecule has 0 amide bonds. The van der Waals surface area contributed by atoms with E-state index in [1.165, 1.54) is 31.4 Å². The average Bonchev–Trinajstić information content (AvgIpc) is 2.77. The van der Waals surface area contributed by atoms with E-state index in [-0.39, 0.29) is 5.82 Å². The molecule has 1 heterocycles. The van der Waals surface area contributed by atoms with Gasteiger partial charge in [-0.05, 0) is 30.5 Å². The van der Waals surface area contributed by atoms with Crippen molar-refractivity contribution in [2.75, 3.05) is 5.73 Å². The molecule has 2 N–H and O–H groups in total. The van der Waals surface area contributed by atoms with Gasteiger partial charge in [-0.15, -0.1) is 0 Å². The van der Waals surface area contributed by atoms with Crippen molar-refractivity contribution < 1.29 is 8.91 Å². The smallest absolute Gasteiger partial charge is 0.230 e. The van der Waals surface area contributed by atoms with Crippen molar-refractivity contribution in [3.63, 3.8) is 0 Å². The molecule has 0 bridgehead atoms. The Morgan fingerprint density at radius 2 is 1.89 bits per heavy atom. The number of nitrogens with two attached hydrogens (primary N) is 1. The van der Waals surface area contributed by atoms with Crippen LogP contribution in [0.15, 0.2) is 28.8 Å². The Morgan fingerprint density at radius 1 is 1.16 bits per heavy atom. The molecule has 0 spiro atoms. The van der Waals surface area contributed by atoms with Gasteiger partial charge in [0.2, 0.25) is 5.88 Å². The molecule has 0 unspecified atom stereocenters. The molecule has 2 aromatic rings. The summed E-state index contributed by atoms with van der Waals surface area (Å²) in [6, 6.07) is 6.24. The molecule has 1 aromatic carbocycles. The van der Waals surface area contributed by atoms with Crippen LogP contribution in [0, 0.1) is 5.82 Å². The van der Waals surface area contributed by atoms with Gasteiger partial charge in [-0.25, -0.2) is 4.39 Å². The topological polar surface area (TPSA) is 52.0 Å². The van der Waals surface area contributed by atoms with E-state index in [1.807, 2.05) is 0 Å². The molecule has 0 aliphatic carbocycles. The maximum atomic E-state index is 12.9. The summed E-state index contributed by atoms with van der Waals surface area (Å²) in [6.07, 6.45) is 5.50. The van der Waals surface area contributed by atoms with E-state index in [1.54, 1.807) is 12.1 Å². The quantitative estimate of drug-likeness (QED) is 0.794. The van der Waals surface area contributed by atoms with Gasteiger partial charge in [0, 0.05) is 0 Å². The number of rotatable bonds is 6. The summed E-state index contributed by atoms with van der Waals surface area (Å²) in [5.74, 6) is 0.0420. The van der Waals surface area contributed by atoms with Crippen molar-refractivity contribution in [3.8, 4) is 11.1 Å². The van der Waals surface area contributed by atoms with Gasteiger partial charge < -0.3 is 10.3 Å². The average molecular weight is 262 g/mol. The van der Waals surface area contributed by atoms with Gasteiger partial charge in [0.1, 0.15) is 5.82 Å². The molecule has 0 saturated heterocycles. The molecular weight excluding hydrogens is 243 g/mol. The standard InChI is InChI=1S/C15H19FN2O/c1-2-3-4-5-6-13-14(15(17)19-18-13)11-7-9-12(16)10-8-11/h7-10H,2-6,17H2,1H3. The largest absolute Gasteiger partial charge is 0.367 e. The lowest BCUT2D eigenvalue weighted by Gasteiger charge is -2.02. The van der Waals surface area contributed by atoms with Crippen LogP contribution in [-0.4, -0.2) is 5.16 Å². The van der Waals surface area contributed by atoms with Crippen molar-refractivity contribution in [3.05, 3.63) is 35.8 Å². The highest BCUT2D eigenvalue weighted by Crippen LogP contribution is 2.30. The molecule has 0 atom stereocenters. The zero-order chi connectivity index (χ0) is 13.7. The lowest BCUT2D eigenvalue weighted by Crippen LogP contribution is -1.92. The Labute approximate surface area is 112 Å². The Hall–Kier alpha value is -1.84. The number of hydrogen-bond acceptors (Lipinski definition) is 3. The monoisotopic (exact) mass is 262 g/mol. The fourth-order valence-corrected chi connectivity index (χ4v) is 2.15. The van der Waals surface area contributed by atoms with Crippen LogP contribution in [0.1, 0.15) is 38.3 Å². The van der Waals surface area contributed by atoms with Crippen molar-refractivity contribution in [2.24, 2.45) is 0 Å². The normalized spacial score (nSPS) is 10.8. The minimum atomic E-state index is -0.261. The lowest BCUT2D eigenvalue weighted by atomic mass is 10.0. The van der Waals surface area contributed by atoms with Gasteiger partial charge in [-0.3, -0.25) is 0 Å². The summed E-state index contributed by atoms with van der Waals surface area (Å²) in [7, 11) is 0. The van der Waals surface area contributed by atoms with Crippen LogP contribution in [0.4, 0.5) is 10.3 Å². The summed E-state index contributed by atoms with van der Waals surface area (Å²) >= 11 is 0. The molecule has 2 rings (SSSR count). The number of aromatic nitrogens is 1. The van der Waals surface area contributed by atoms with Crippen molar-refractivity contribution in [1.29, 1.82) is 0 Å². The molecular formula is C15H19FN2O. The maximum absolute atomic E-state index is 12.9. The third-order valence-corrected chi connectivity index (χ3v) is 3.19. The van der Waals surface area contributed by atoms with Gasteiger partial charge in [0.15, 0.2) is 0 Å². The van der Waals surface area contributed by atoms with Crippen LogP contribution in [0.2, 0.25) is 0 Å². The van der Waals surface area contributed by atoms with Crippen LogP contribution in [0.3, 0.4) is 0 Å². The third kappa shape index (κ3) is 3.34. The van der Waals surface area contributed by atoms with E-state index in [2.05, 4.69) is 12.1 Å². The molecule has 0 fully saturated rings. The summed E-state index contributed by atoms with van der Waals surface area (Å²) in [5, 5.41) is 4.02. The predicted molar refractivity (Wildman–Crippen MR) is 74.2 cm³/mol. The SMILES string of the molecule is CCCCCCc1noc(N)c1-c1ccc(F)cc1. The van der Waals surface area contributed by atoms with Crippen LogP contribution in [-0.2, 0) is 6.42 Å². The first-order valence-corrected chi connectivity index (χ1v) is 6.72. The van der Waals surface area contributed by atoms with Gasteiger partial charge >= 0.3 is 0 Å². The number of benzene rings is 1. The summed E-state index contributed by atoms with van der Waals surface area (Å²) < 4.78 is 18.0. The Bertz CT molecular complexity index is 519. The molecule has 1 aromatic heterocycles. The van der Waals surface area contributed by atoms with Gasteiger partial charge in [-0.1, -0.05) is 43.5 Å². The minimum Gasteiger partial charge on any atom is -0.367 e. The van der Waals surface area contributed by atoms with Crippen LogP contribution >= 0.6 is 0 Å². The van der Waals surface area contributed by atoms with E-state index >= 15 is 0 Å². The lowest BCUT2D eigenvalue weighted by molar-refractivity contribution is 0.426. The highest BCUT2D eigenvalue weighted by molar-refractivity contribution is 5.74.